The number of hydrogen-bond acceptors (Lipinski definition) is 3. The van der Waals surface area contributed by atoms with Crippen molar-refractivity contribution in [2.45, 2.75) is 19.6 Å². The number of ether oxygens (including phenoxy) is 2. The van der Waals surface area contributed by atoms with Gasteiger partial charge >= 0.3 is 0 Å². The van der Waals surface area contributed by atoms with Crippen LogP contribution in [0.25, 0.3) is 0 Å². The number of hydrogen-bond donors (Lipinski definition) is 1. The van der Waals surface area contributed by atoms with Crippen LogP contribution in [0, 0.1) is 0 Å². The van der Waals surface area contributed by atoms with Gasteiger partial charge in [0.2, 0.25) is 0 Å². The maximum absolute atomic E-state index is 12.7. The predicted molar refractivity (Wildman–Crippen MR) is 116 cm³/mol. The van der Waals surface area contributed by atoms with Crippen LogP contribution in [-0.2, 0) is 6.61 Å². The summed E-state index contributed by atoms with van der Waals surface area (Å²) in [7, 11) is 1.58. The minimum Gasteiger partial charge on any atom is -0.496 e. The monoisotopic (exact) mass is 429 g/mol. The summed E-state index contributed by atoms with van der Waals surface area (Å²) in [5.74, 6) is 1.02. The van der Waals surface area contributed by atoms with Gasteiger partial charge in [-0.25, -0.2) is 0 Å². The maximum atomic E-state index is 12.7. The zero-order chi connectivity index (χ0) is 20.8. The lowest BCUT2D eigenvalue weighted by Crippen LogP contribution is -2.26. The predicted octanol–water partition coefficient (Wildman–Crippen LogP) is 6.07. The molecule has 3 aromatic rings. The lowest BCUT2D eigenvalue weighted by molar-refractivity contribution is 0.0939. The van der Waals surface area contributed by atoms with Crippen LogP contribution in [0.3, 0.4) is 0 Å². The molecular formula is C23H21Cl2NO3. The summed E-state index contributed by atoms with van der Waals surface area (Å²) in [5, 5.41) is 4.18. The number of amides is 1. The van der Waals surface area contributed by atoms with Gasteiger partial charge < -0.3 is 14.8 Å². The fourth-order valence-electron chi connectivity index (χ4n) is 2.86. The smallest absolute Gasteiger partial charge is 0.251 e. The van der Waals surface area contributed by atoms with Crippen molar-refractivity contribution in [3.05, 3.63) is 93.5 Å². The molecule has 0 spiro atoms. The zero-order valence-electron chi connectivity index (χ0n) is 16.1. The molecule has 1 atom stereocenters. The lowest BCUT2D eigenvalue weighted by Gasteiger charge is -2.16. The fourth-order valence-corrected chi connectivity index (χ4v) is 3.18. The molecule has 0 fully saturated rings. The summed E-state index contributed by atoms with van der Waals surface area (Å²) in [6.45, 7) is 2.15. The molecule has 0 saturated heterocycles. The molecule has 0 radical (unpaired) electrons. The number of methoxy groups -OCH3 is 1. The Kier molecular flexibility index (Phi) is 7.02. The molecule has 0 heterocycles. The second-order valence-corrected chi connectivity index (χ2v) is 7.34. The van der Waals surface area contributed by atoms with Gasteiger partial charge in [-0.3, -0.25) is 4.79 Å². The van der Waals surface area contributed by atoms with Crippen molar-refractivity contribution in [1.29, 1.82) is 0 Å². The van der Waals surface area contributed by atoms with Gasteiger partial charge in [-0.05, 0) is 55.0 Å². The second kappa shape index (κ2) is 9.68. The van der Waals surface area contributed by atoms with E-state index >= 15 is 0 Å². The van der Waals surface area contributed by atoms with Gasteiger partial charge in [-0.2, -0.15) is 0 Å². The molecule has 6 heteroatoms. The first-order chi connectivity index (χ1) is 14.0. The first kappa shape index (κ1) is 21.0. The Morgan fingerprint density at radius 3 is 2.41 bits per heavy atom. The van der Waals surface area contributed by atoms with E-state index in [1.54, 1.807) is 49.6 Å². The molecule has 150 valence electrons. The van der Waals surface area contributed by atoms with Gasteiger partial charge in [0.1, 0.15) is 18.1 Å². The summed E-state index contributed by atoms with van der Waals surface area (Å²) < 4.78 is 11.2. The number of carbonyl (C=O) groups is 1. The number of para-hydroxylation sites is 1. The summed E-state index contributed by atoms with van der Waals surface area (Å²) in [5.41, 5.74) is 2.24. The molecule has 0 saturated carbocycles. The van der Waals surface area contributed by atoms with Crippen molar-refractivity contribution in [2.75, 3.05) is 7.11 Å². The van der Waals surface area contributed by atoms with Crippen molar-refractivity contribution in [1.82, 2.24) is 5.32 Å². The highest BCUT2D eigenvalue weighted by Crippen LogP contribution is 2.27. The molecule has 29 heavy (non-hydrogen) atoms. The molecule has 0 aromatic heterocycles. The standard InChI is InChI=1S/C23H21Cl2NO3/c1-15(16-7-10-19(24)11-8-16)26-23(27)17-9-12-21(28-2)18(13-17)14-29-22-6-4-3-5-20(22)25/h3-13,15H,14H2,1-2H3,(H,26,27)/t15-/m1/s1. The number of halogens is 2. The van der Waals surface area contributed by atoms with E-state index in [1.165, 1.54) is 0 Å². The van der Waals surface area contributed by atoms with E-state index in [1.807, 2.05) is 31.2 Å². The first-order valence-electron chi connectivity index (χ1n) is 9.08. The molecular weight excluding hydrogens is 409 g/mol. The van der Waals surface area contributed by atoms with Crippen LogP contribution >= 0.6 is 23.2 Å². The van der Waals surface area contributed by atoms with Gasteiger partial charge in [-0.15, -0.1) is 0 Å². The highest BCUT2D eigenvalue weighted by Gasteiger charge is 2.14. The van der Waals surface area contributed by atoms with Gasteiger partial charge in [-0.1, -0.05) is 47.5 Å². The molecule has 4 nitrogen and oxygen atoms in total. The zero-order valence-corrected chi connectivity index (χ0v) is 17.6. The molecule has 0 unspecified atom stereocenters. The Hall–Kier alpha value is -2.69. The molecule has 0 aliphatic carbocycles. The molecule has 1 amide bonds. The van der Waals surface area contributed by atoms with E-state index in [4.69, 9.17) is 32.7 Å². The largest absolute Gasteiger partial charge is 0.496 e. The molecule has 0 aliphatic heterocycles. The highest BCUT2D eigenvalue weighted by atomic mass is 35.5. The lowest BCUT2D eigenvalue weighted by atomic mass is 10.1. The Morgan fingerprint density at radius 1 is 1.00 bits per heavy atom. The van der Waals surface area contributed by atoms with E-state index in [0.29, 0.717) is 27.1 Å². The number of benzene rings is 3. The van der Waals surface area contributed by atoms with Crippen molar-refractivity contribution in [2.24, 2.45) is 0 Å². The summed E-state index contributed by atoms with van der Waals surface area (Å²) in [6.07, 6.45) is 0. The van der Waals surface area contributed by atoms with Crippen LogP contribution in [0.5, 0.6) is 11.5 Å². The average molecular weight is 430 g/mol. The Balaban J connectivity index is 1.73. The van der Waals surface area contributed by atoms with Crippen molar-refractivity contribution in [3.63, 3.8) is 0 Å². The third-order valence-corrected chi connectivity index (χ3v) is 5.04. The van der Waals surface area contributed by atoms with Crippen LogP contribution < -0.4 is 14.8 Å². The van der Waals surface area contributed by atoms with Gasteiger partial charge in [0, 0.05) is 16.1 Å². The first-order valence-corrected chi connectivity index (χ1v) is 9.84. The normalized spacial score (nSPS) is 11.6. The molecule has 0 aliphatic rings. The Morgan fingerprint density at radius 2 is 1.72 bits per heavy atom. The summed E-state index contributed by atoms with van der Waals surface area (Å²) >= 11 is 12.1. The van der Waals surface area contributed by atoms with E-state index < -0.39 is 0 Å². The maximum Gasteiger partial charge on any atom is 0.251 e. The van der Waals surface area contributed by atoms with Gasteiger partial charge in [0.15, 0.2) is 0 Å². The SMILES string of the molecule is COc1ccc(C(=O)N[C@H](C)c2ccc(Cl)cc2)cc1COc1ccccc1Cl. The molecule has 3 aromatic carbocycles. The van der Waals surface area contributed by atoms with Crippen molar-refractivity contribution >= 4 is 29.1 Å². The highest BCUT2D eigenvalue weighted by molar-refractivity contribution is 6.32. The van der Waals surface area contributed by atoms with E-state index in [0.717, 1.165) is 11.1 Å². The third kappa shape index (κ3) is 5.43. The third-order valence-electron chi connectivity index (χ3n) is 4.48. The minimum atomic E-state index is -0.186. The quantitative estimate of drug-likeness (QED) is 0.495. The van der Waals surface area contributed by atoms with E-state index in [2.05, 4.69) is 5.32 Å². The average Bonchev–Trinajstić information content (AvgIpc) is 2.73. The second-order valence-electron chi connectivity index (χ2n) is 6.49. The molecule has 1 N–H and O–H groups in total. The number of rotatable bonds is 7. The van der Waals surface area contributed by atoms with Crippen LogP contribution in [0.4, 0.5) is 0 Å². The van der Waals surface area contributed by atoms with Crippen molar-refractivity contribution in [3.8, 4) is 11.5 Å². The van der Waals surface area contributed by atoms with E-state index in [-0.39, 0.29) is 18.6 Å². The van der Waals surface area contributed by atoms with Crippen LogP contribution in [-0.4, -0.2) is 13.0 Å². The van der Waals surface area contributed by atoms with Crippen LogP contribution in [0.1, 0.15) is 34.5 Å². The van der Waals surface area contributed by atoms with E-state index in [9.17, 15) is 4.79 Å². The number of carbonyl (C=O) groups excluding carboxylic acids is 1. The topological polar surface area (TPSA) is 47.6 Å². The van der Waals surface area contributed by atoms with Gasteiger partial charge in [0.25, 0.3) is 5.91 Å². The summed E-state index contributed by atoms with van der Waals surface area (Å²) in [6, 6.07) is 19.7. The Labute approximate surface area is 180 Å². The van der Waals surface area contributed by atoms with Crippen molar-refractivity contribution < 1.29 is 14.3 Å². The van der Waals surface area contributed by atoms with Crippen LogP contribution in [0.2, 0.25) is 10.0 Å². The minimum absolute atomic E-state index is 0.162. The van der Waals surface area contributed by atoms with Gasteiger partial charge in [0.05, 0.1) is 18.2 Å². The fraction of sp³-hybridized carbons (Fsp3) is 0.174. The van der Waals surface area contributed by atoms with Crippen LogP contribution in [0.15, 0.2) is 66.7 Å². The number of nitrogens with one attached hydrogen (secondary N) is 1. The summed E-state index contributed by atoms with van der Waals surface area (Å²) in [4.78, 5) is 12.7. The molecule has 0 bridgehead atoms. The molecule has 3 rings (SSSR count). The Bertz CT molecular complexity index is 990.